The highest BCUT2D eigenvalue weighted by Gasteiger charge is 2.18. The van der Waals surface area contributed by atoms with Gasteiger partial charge in [0.05, 0.1) is 0 Å². The molecule has 17 heavy (non-hydrogen) atoms. The normalized spacial score (nSPS) is 26.1. The first-order chi connectivity index (χ1) is 7.97. The second kappa shape index (κ2) is 7.68. The van der Waals surface area contributed by atoms with Gasteiger partial charge in [0.2, 0.25) is 0 Å². The zero-order chi connectivity index (χ0) is 12.7. The summed E-state index contributed by atoms with van der Waals surface area (Å²) in [5, 5.41) is 4.53. The molecule has 0 aliphatic heterocycles. The Kier molecular flexibility index (Phi) is 6.94. The number of unbranched alkanes of at least 4 members (excludes halogenated alkanes) is 1. The molecule has 1 nitrogen and oxygen atoms in total. The summed E-state index contributed by atoms with van der Waals surface area (Å²) in [6.07, 6.45) is 8.56. The van der Waals surface area contributed by atoms with E-state index in [1.165, 1.54) is 50.8 Å². The van der Waals surface area contributed by atoms with E-state index in [0.717, 1.165) is 11.2 Å². The van der Waals surface area contributed by atoms with Gasteiger partial charge in [0.15, 0.2) is 0 Å². The molecular formula is C15H31NS. The third-order valence-corrected chi connectivity index (χ3v) is 4.89. The molecule has 1 aliphatic rings. The Morgan fingerprint density at radius 3 is 2.59 bits per heavy atom. The quantitative estimate of drug-likeness (QED) is 0.705. The van der Waals surface area contributed by atoms with Crippen molar-refractivity contribution in [2.24, 2.45) is 5.92 Å². The summed E-state index contributed by atoms with van der Waals surface area (Å²) in [6.45, 7) is 10.3. The first-order valence-electron chi connectivity index (χ1n) is 7.34. The van der Waals surface area contributed by atoms with Crippen LogP contribution in [0.2, 0.25) is 0 Å². The second-order valence-corrected chi connectivity index (χ2v) is 8.06. The van der Waals surface area contributed by atoms with Crippen molar-refractivity contribution in [1.82, 2.24) is 5.32 Å². The largest absolute Gasteiger partial charge is 0.312 e. The van der Waals surface area contributed by atoms with E-state index in [-0.39, 0.29) is 5.54 Å². The minimum atomic E-state index is 0.284. The molecule has 2 atom stereocenters. The topological polar surface area (TPSA) is 12.0 Å². The number of thioether (sulfide) groups is 1. The van der Waals surface area contributed by atoms with Crippen molar-refractivity contribution in [3.63, 3.8) is 0 Å². The third kappa shape index (κ3) is 8.10. The zero-order valence-electron chi connectivity index (χ0n) is 12.2. The summed E-state index contributed by atoms with van der Waals surface area (Å²) < 4.78 is 0. The van der Waals surface area contributed by atoms with E-state index in [9.17, 15) is 0 Å². The summed E-state index contributed by atoms with van der Waals surface area (Å²) in [5.41, 5.74) is 0.284. The average molecular weight is 257 g/mol. The van der Waals surface area contributed by atoms with Crippen LogP contribution in [-0.2, 0) is 0 Å². The predicted octanol–water partition coefficient (Wildman–Crippen LogP) is 4.47. The van der Waals surface area contributed by atoms with Gasteiger partial charge in [-0.15, -0.1) is 0 Å². The molecule has 0 amide bonds. The maximum Gasteiger partial charge on any atom is 0.00965 e. The van der Waals surface area contributed by atoms with Crippen LogP contribution in [0.5, 0.6) is 0 Å². The van der Waals surface area contributed by atoms with Gasteiger partial charge in [-0.2, -0.15) is 11.8 Å². The van der Waals surface area contributed by atoms with E-state index >= 15 is 0 Å². The molecule has 1 rings (SSSR count). The lowest BCUT2D eigenvalue weighted by Crippen LogP contribution is -2.36. The van der Waals surface area contributed by atoms with Crippen molar-refractivity contribution in [3.8, 4) is 0 Å². The van der Waals surface area contributed by atoms with Crippen LogP contribution in [0.15, 0.2) is 0 Å². The van der Waals surface area contributed by atoms with Gasteiger partial charge < -0.3 is 5.32 Å². The van der Waals surface area contributed by atoms with Crippen LogP contribution in [0.25, 0.3) is 0 Å². The Labute approximate surface area is 113 Å². The minimum Gasteiger partial charge on any atom is -0.312 e. The van der Waals surface area contributed by atoms with Gasteiger partial charge in [-0.3, -0.25) is 0 Å². The highest BCUT2D eigenvalue weighted by molar-refractivity contribution is 7.99. The summed E-state index contributed by atoms with van der Waals surface area (Å²) in [6, 6.07) is 0. The van der Waals surface area contributed by atoms with Crippen LogP contribution in [0.1, 0.15) is 66.2 Å². The molecular weight excluding hydrogens is 226 g/mol. The standard InChI is InChI=1S/C15H31NS/c1-13-8-7-9-14(12-13)17-11-6-5-10-16-15(2,3)4/h13-14,16H,5-12H2,1-4H3. The fraction of sp³-hybridized carbons (Fsp3) is 1.00. The van der Waals surface area contributed by atoms with E-state index in [1.807, 2.05) is 0 Å². The number of nitrogens with one attached hydrogen (secondary N) is 1. The number of rotatable bonds is 6. The molecule has 1 aliphatic carbocycles. The van der Waals surface area contributed by atoms with E-state index < -0.39 is 0 Å². The summed E-state index contributed by atoms with van der Waals surface area (Å²) in [5.74, 6) is 2.34. The summed E-state index contributed by atoms with van der Waals surface area (Å²) in [7, 11) is 0. The van der Waals surface area contributed by atoms with Crippen LogP contribution in [-0.4, -0.2) is 23.1 Å². The Morgan fingerprint density at radius 1 is 1.18 bits per heavy atom. The van der Waals surface area contributed by atoms with Crippen molar-refractivity contribution in [2.75, 3.05) is 12.3 Å². The fourth-order valence-electron chi connectivity index (χ4n) is 2.47. The van der Waals surface area contributed by atoms with E-state index in [4.69, 9.17) is 0 Å². The lowest BCUT2D eigenvalue weighted by atomic mass is 9.91. The molecule has 1 fully saturated rings. The van der Waals surface area contributed by atoms with Crippen molar-refractivity contribution in [2.45, 2.75) is 77.0 Å². The smallest absolute Gasteiger partial charge is 0.00965 e. The van der Waals surface area contributed by atoms with Crippen LogP contribution in [0, 0.1) is 5.92 Å². The number of hydrogen-bond acceptors (Lipinski definition) is 2. The molecule has 0 aromatic carbocycles. The molecule has 0 radical (unpaired) electrons. The molecule has 0 saturated heterocycles. The SMILES string of the molecule is CC1CCCC(SCCCCNC(C)(C)C)C1. The highest BCUT2D eigenvalue weighted by Crippen LogP contribution is 2.32. The van der Waals surface area contributed by atoms with Crippen molar-refractivity contribution in [3.05, 3.63) is 0 Å². The predicted molar refractivity (Wildman–Crippen MR) is 80.9 cm³/mol. The summed E-state index contributed by atoms with van der Waals surface area (Å²) in [4.78, 5) is 0. The number of hydrogen-bond donors (Lipinski definition) is 1. The van der Waals surface area contributed by atoms with Gasteiger partial charge in [0.25, 0.3) is 0 Å². The second-order valence-electron chi connectivity index (χ2n) is 6.65. The first kappa shape index (κ1) is 15.4. The van der Waals surface area contributed by atoms with E-state index in [0.29, 0.717) is 0 Å². The van der Waals surface area contributed by atoms with Gasteiger partial charge in [0, 0.05) is 10.8 Å². The van der Waals surface area contributed by atoms with Gasteiger partial charge in [0.1, 0.15) is 0 Å². The minimum absolute atomic E-state index is 0.284. The Hall–Kier alpha value is 0.310. The van der Waals surface area contributed by atoms with Crippen molar-refractivity contribution < 1.29 is 0 Å². The van der Waals surface area contributed by atoms with Crippen molar-refractivity contribution >= 4 is 11.8 Å². The Morgan fingerprint density at radius 2 is 1.94 bits per heavy atom. The molecule has 0 aromatic rings. The van der Waals surface area contributed by atoms with Gasteiger partial charge in [-0.1, -0.05) is 19.8 Å². The molecule has 0 spiro atoms. The highest BCUT2D eigenvalue weighted by atomic mass is 32.2. The van der Waals surface area contributed by atoms with Gasteiger partial charge in [-0.25, -0.2) is 0 Å². The van der Waals surface area contributed by atoms with Crippen LogP contribution in [0.3, 0.4) is 0 Å². The molecule has 102 valence electrons. The maximum absolute atomic E-state index is 3.56. The summed E-state index contributed by atoms with van der Waals surface area (Å²) >= 11 is 2.23. The molecule has 2 unspecified atom stereocenters. The van der Waals surface area contributed by atoms with E-state index in [1.54, 1.807) is 0 Å². The fourth-order valence-corrected chi connectivity index (χ4v) is 3.97. The van der Waals surface area contributed by atoms with Crippen LogP contribution < -0.4 is 5.32 Å². The van der Waals surface area contributed by atoms with Crippen molar-refractivity contribution in [1.29, 1.82) is 0 Å². The molecule has 1 N–H and O–H groups in total. The maximum atomic E-state index is 3.56. The van der Waals surface area contributed by atoms with Crippen LogP contribution >= 0.6 is 11.8 Å². The Bertz CT molecular complexity index is 198. The van der Waals surface area contributed by atoms with Gasteiger partial charge >= 0.3 is 0 Å². The third-order valence-electron chi connectivity index (χ3n) is 3.47. The molecule has 0 aromatic heterocycles. The lowest BCUT2D eigenvalue weighted by molar-refractivity contribution is 0.394. The van der Waals surface area contributed by atoms with Gasteiger partial charge in [-0.05, 0) is 64.7 Å². The zero-order valence-corrected chi connectivity index (χ0v) is 13.0. The van der Waals surface area contributed by atoms with E-state index in [2.05, 4.69) is 44.8 Å². The average Bonchev–Trinajstić information content (AvgIpc) is 2.22. The molecule has 1 saturated carbocycles. The molecule has 0 bridgehead atoms. The first-order valence-corrected chi connectivity index (χ1v) is 8.39. The Balaban J connectivity index is 1.93. The molecule has 2 heteroatoms. The monoisotopic (exact) mass is 257 g/mol. The molecule has 0 heterocycles. The van der Waals surface area contributed by atoms with Crippen LogP contribution in [0.4, 0.5) is 0 Å². The lowest BCUT2D eigenvalue weighted by Gasteiger charge is -2.26.